The van der Waals surface area contributed by atoms with Gasteiger partial charge in [0.25, 0.3) is 0 Å². The van der Waals surface area contributed by atoms with Gasteiger partial charge in [-0.25, -0.2) is 0 Å². The Morgan fingerprint density at radius 3 is 2.86 bits per heavy atom. The molecule has 0 spiro atoms. The third-order valence-electron chi connectivity index (χ3n) is 4.84. The number of hydrogen-bond acceptors (Lipinski definition) is 3. The molecule has 3 heteroatoms. The molecule has 2 rings (SSSR count). The van der Waals surface area contributed by atoms with Crippen LogP contribution in [-0.2, 0) is 6.54 Å². The molecule has 1 heterocycles. The maximum absolute atomic E-state index is 4.44. The number of aromatic nitrogens is 1. The van der Waals surface area contributed by atoms with Crippen molar-refractivity contribution in [1.82, 2.24) is 15.2 Å². The van der Waals surface area contributed by atoms with Gasteiger partial charge in [0.2, 0.25) is 0 Å². The molecule has 0 bridgehead atoms. The Hall–Kier alpha value is -0.930. The lowest BCUT2D eigenvalue weighted by atomic mass is 9.67. The van der Waals surface area contributed by atoms with Crippen molar-refractivity contribution in [3.8, 4) is 0 Å². The summed E-state index contributed by atoms with van der Waals surface area (Å²) >= 11 is 0. The van der Waals surface area contributed by atoms with Crippen LogP contribution < -0.4 is 5.32 Å². The Kier molecular flexibility index (Phi) is 5.77. The number of rotatable bonds is 6. The van der Waals surface area contributed by atoms with E-state index in [4.69, 9.17) is 0 Å². The highest BCUT2D eigenvalue weighted by molar-refractivity contribution is 5.03. The molecule has 1 aliphatic rings. The number of hydrogen-bond donors (Lipinski definition) is 1. The van der Waals surface area contributed by atoms with Crippen LogP contribution in [0.2, 0.25) is 0 Å². The van der Waals surface area contributed by atoms with Crippen LogP contribution in [-0.4, -0.2) is 36.1 Å². The van der Waals surface area contributed by atoms with Crippen molar-refractivity contribution in [2.75, 3.05) is 20.1 Å². The summed E-state index contributed by atoms with van der Waals surface area (Å²) in [5.74, 6) is 0.738. The maximum Gasteiger partial charge on any atom is 0.0543 e. The van der Waals surface area contributed by atoms with E-state index in [0.717, 1.165) is 31.2 Å². The zero-order chi connectivity index (χ0) is 15.3. The summed E-state index contributed by atoms with van der Waals surface area (Å²) in [5.41, 5.74) is 1.57. The number of nitrogens with one attached hydrogen (secondary N) is 1. The molecular weight excluding hydrogens is 258 g/mol. The van der Waals surface area contributed by atoms with Gasteiger partial charge in [-0.3, -0.25) is 4.98 Å². The largest absolute Gasteiger partial charge is 0.313 e. The van der Waals surface area contributed by atoms with Crippen molar-refractivity contribution in [2.45, 2.75) is 52.6 Å². The summed E-state index contributed by atoms with van der Waals surface area (Å²) in [7, 11) is 2.22. The summed E-state index contributed by atoms with van der Waals surface area (Å²) in [4.78, 5) is 6.87. The molecular formula is C18H31N3. The summed E-state index contributed by atoms with van der Waals surface area (Å²) in [6.45, 7) is 10.2. The Balaban J connectivity index is 1.96. The first-order chi connectivity index (χ1) is 10.0. The van der Waals surface area contributed by atoms with Crippen LogP contribution in [0.4, 0.5) is 0 Å². The van der Waals surface area contributed by atoms with Gasteiger partial charge in [-0.15, -0.1) is 0 Å². The summed E-state index contributed by atoms with van der Waals surface area (Å²) in [6, 6.07) is 6.79. The van der Waals surface area contributed by atoms with Gasteiger partial charge in [0, 0.05) is 25.3 Å². The molecule has 0 aliphatic heterocycles. The second-order valence-electron chi connectivity index (χ2n) is 7.19. The van der Waals surface area contributed by atoms with Crippen LogP contribution in [0, 0.1) is 11.3 Å². The summed E-state index contributed by atoms with van der Waals surface area (Å²) in [6.07, 6.45) is 5.92. The third kappa shape index (κ3) is 4.52. The van der Waals surface area contributed by atoms with Crippen LogP contribution in [0.25, 0.3) is 0 Å². The fourth-order valence-electron chi connectivity index (χ4n) is 3.87. The molecule has 0 amide bonds. The Morgan fingerprint density at radius 2 is 2.19 bits per heavy atom. The van der Waals surface area contributed by atoms with Crippen molar-refractivity contribution < 1.29 is 0 Å². The topological polar surface area (TPSA) is 28.2 Å². The normalized spacial score (nSPS) is 25.2. The first kappa shape index (κ1) is 16.4. The van der Waals surface area contributed by atoms with Crippen molar-refractivity contribution in [3.05, 3.63) is 30.1 Å². The highest BCUT2D eigenvalue weighted by atomic mass is 15.1. The van der Waals surface area contributed by atoms with Crippen LogP contribution in [0.15, 0.2) is 24.4 Å². The second-order valence-corrected chi connectivity index (χ2v) is 7.19. The van der Waals surface area contributed by atoms with E-state index in [9.17, 15) is 0 Å². The van der Waals surface area contributed by atoms with E-state index < -0.39 is 0 Å². The molecule has 1 fully saturated rings. The van der Waals surface area contributed by atoms with Crippen molar-refractivity contribution >= 4 is 0 Å². The van der Waals surface area contributed by atoms with E-state index in [-0.39, 0.29) is 0 Å². The minimum Gasteiger partial charge on any atom is -0.313 e. The van der Waals surface area contributed by atoms with Gasteiger partial charge in [-0.05, 0) is 49.9 Å². The predicted octanol–water partition coefficient (Wildman–Crippen LogP) is 3.32. The van der Waals surface area contributed by atoms with Gasteiger partial charge in [0.05, 0.1) is 5.69 Å². The second kappa shape index (κ2) is 7.37. The van der Waals surface area contributed by atoms with E-state index in [2.05, 4.69) is 55.2 Å². The molecule has 1 aromatic heterocycles. The molecule has 3 nitrogen and oxygen atoms in total. The molecule has 118 valence electrons. The number of nitrogens with zero attached hydrogens (tertiary/aromatic N) is 2. The van der Waals surface area contributed by atoms with Crippen LogP contribution in [0.1, 0.15) is 45.7 Å². The van der Waals surface area contributed by atoms with Gasteiger partial charge < -0.3 is 10.2 Å². The van der Waals surface area contributed by atoms with Gasteiger partial charge in [-0.2, -0.15) is 0 Å². The van der Waals surface area contributed by atoms with E-state index >= 15 is 0 Å². The van der Waals surface area contributed by atoms with Crippen molar-refractivity contribution in [1.29, 1.82) is 0 Å². The zero-order valence-electron chi connectivity index (χ0n) is 14.1. The monoisotopic (exact) mass is 289 g/mol. The minimum atomic E-state index is 0.408. The van der Waals surface area contributed by atoms with E-state index in [0.29, 0.717) is 11.5 Å². The highest BCUT2D eigenvalue weighted by Crippen LogP contribution is 2.39. The molecule has 1 N–H and O–H groups in total. The van der Waals surface area contributed by atoms with Gasteiger partial charge in [0.15, 0.2) is 0 Å². The SMILES string of the molecule is CCNC1C(CN(C)Cc2ccccn2)CCCC1(C)C. The van der Waals surface area contributed by atoms with Crippen molar-refractivity contribution in [3.63, 3.8) is 0 Å². The molecule has 0 aromatic carbocycles. The summed E-state index contributed by atoms with van der Waals surface area (Å²) < 4.78 is 0. The number of pyridine rings is 1. The molecule has 0 radical (unpaired) electrons. The lowest BCUT2D eigenvalue weighted by Gasteiger charge is -2.45. The van der Waals surface area contributed by atoms with Gasteiger partial charge in [-0.1, -0.05) is 33.3 Å². The van der Waals surface area contributed by atoms with Gasteiger partial charge in [0.1, 0.15) is 0 Å². The first-order valence-electron chi connectivity index (χ1n) is 8.35. The molecule has 2 unspecified atom stereocenters. The maximum atomic E-state index is 4.44. The molecule has 21 heavy (non-hydrogen) atoms. The molecule has 1 aliphatic carbocycles. The Bertz CT molecular complexity index is 416. The van der Waals surface area contributed by atoms with E-state index in [1.54, 1.807) is 0 Å². The fourth-order valence-corrected chi connectivity index (χ4v) is 3.87. The van der Waals surface area contributed by atoms with E-state index in [1.807, 2.05) is 12.3 Å². The third-order valence-corrected chi connectivity index (χ3v) is 4.84. The average molecular weight is 289 g/mol. The smallest absolute Gasteiger partial charge is 0.0543 e. The highest BCUT2D eigenvalue weighted by Gasteiger charge is 2.38. The zero-order valence-corrected chi connectivity index (χ0v) is 14.1. The Morgan fingerprint density at radius 1 is 1.38 bits per heavy atom. The first-order valence-corrected chi connectivity index (χ1v) is 8.35. The van der Waals surface area contributed by atoms with Crippen LogP contribution in [0.3, 0.4) is 0 Å². The average Bonchev–Trinajstić information content (AvgIpc) is 2.43. The quantitative estimate of drug-likeness (QED) is 0.871. The molecule has 1 saturated carbocycles. The lowest BCUT2D eigenvalue weighted by Crippen LogP contribution is -2.52. The fraction of sp³-hybridized carbons (Fsp3) is 0.722. The molecule has 1 aromatic rings. The standard InChI is InChI=1S/C18H31N3/c1-5-19-17-15(9-8-11-18(17,2)3)13-21(4)14-16-10-6-7-12-20-16/h6-7,10,12,15,17,19H,5,8-9,11,13-14H2,1-4H3. The van der Waals surface area contributed by atoms with Crippen LogP contribution in [0.5, 0.6) is 0 Å². The van der Waals surface area contributed by atoms with Gasteiger partial charge >= 0.3 is 0 Å². The lowest BCUT2D eigenvalue weighted by molar-refractivity contribution is 0.0845. The molecule has 0 saturated heterocycles. The molecule has 2 atom stereocenters. The van der Waals surface area contributed by atoms with Crippen molar-refractivity contribution in [2.24, 2.45) is 11.3 Å². The summed E-state index contributed by atoms with van der Waals surface area (Å²) in [5, 5.41) is 3.75. The predicted molar refractivity (Wildman–Crippen MR) is 89.2 cm³/mol. The van der Waals surface area contributed by atoms with Crippen LogP contribution >= 0.6 is 0 Å². The Labute approximate surface area is 130 Å². The van der Waals surface area contributed by atoms with E-state index in [1.165, 1.54) is 19.3 Å². The minimum absolute atomic E-state index is 0.408.